The lowest BCUT2D eigenvalue weighted by Crippen LogP contribution is -2.14. The Labute approximate surface area is 146 Å². The number of ketones is 1. The molecule has 0 bridgehead atoms. The average molecular weight is 327 g/mol. The Balaban J connectivity index is 1.79. The monoisotopic (exact) mass is 327 g/mol. The molecule has 3 nitrogen and oxygen atoms in total. The van der Waals surface area contributed by atoms with E-state index < -0.39 is 0 Å². The molecule has 0 saturated heterocycles. The standard InChI is InChI=1S/C22H17NO2/c1-13-10-11-19(14(2)12-13)23-22(25)18-9-5-8-17-20(18)15-6-3-4-7-16(15)21(17)24/h3-12H,1-2H3,(H,23,25). The highest BCUT2D eigenvalue weighted by Gasteiger charge is 2.30. The summed E-state index contributed by atoms with van der Waals surface area (Å²) in [6, 6.07) is 18.7. The molecule has 0 unspecified atom stereocenters. The van der Waals surface area contributed by atoms with Gasteiger partial charge in [0.05, 0.1) is 0 Å². The van der Waals surface area contributed by atoms with E-state index >= 15 is 0 Å². The number of anilines is 1. The fraction of sp³-hybridized carbons (Fsp3) is 0.0909. The summed E-state index contributed by atoms with van der Waals surface area (Å²) in [6.07, 6.45) is 0. The van der Waals surface area contributed by atoms with Crippen molar-refractivity contribution in [2.75, 3.05) is 5.32 Å². The maximum absolute atomic E-state index is 12.9. The number of nitrogens with one attached hydrogen (secondary N) is 1. The first kappa shape index (κ1) is 15.3. The van der Waals surface area contributed by atoms with E-state index in [1.807, 2.05) is 56.3 Å². The van der Waals surface area contributed by atoms with Gasteiger partial charge in [0.1, 0.15) is 0 Å². The first-order valence-corrected chi connectivity index (χ1v) is 8.22. The molecule has 0 atom stereocenters. The predicted octanol–water partition coefficient (Wildman–Crippen LogP) is 4.77. The number of carbonyl (C=O) groups excluding carboxylic acids is 2. The molecule has 0 saturated carbocycles. The van der Waals surface area contributed by atoms with Crippen LogP contribution in [0.2, 0.25) is 0 Å². The van der Waals surface area contributed by atoms with Crippen LogP contribution < -0.4 is 5.32 Å². The van der Waals surface area contributed by atoms with Crippen LogP contribution in [0.3, 0.4) is 0 Å². The lowest BCUT2D eigenvalue weighted by atomic mass is 9.98. The number of amides is 1. The molecule has 3 aromatic carbocycles. The highest BCUT2D eigenvalue weighted by molar-refractivity contribution is 6.25. The summed E-state index contributed by atoms with van der Waals surface area (Å²) in [6.45, 7) is 3.99. The topological polar surface area (TPSA) is 46.2 Å². The smallest absolute Gasteiger partial charge is 0.256 e. The Kier molecular flexibility index (Phi) is 3.50. The molecule has 1 amide bonds. The zero-order valence-electron chi connectivity index (χ0n) is 14.1. The summed E-state index contributed by atoms with van der Waals surface area (Å²) in [4.78, 5) is 25.5. The molecule has 3 heteroatoms. The van der Waals surface area contributed by atoms with Crippen molar-refractivity contribution in [1.82, 2.24) is 0 Å². The van der Waals surface area contributed by atoms with Crippen LogP contribution in [0.1, 0.15) is 37.4 Å². The van der Waals surface area contributed by atoms with Crippen LogP contribution >= 0.6 is 0 Å². The number of aryl methyl sites for hydroxylation is 2. The SMILES string of the molecule is Cc1ccc(NC(=O)c2cccc3c2-c2ccccc2C3=O)c(C)c1. The van der Waals surface area contributed by atoms with Gasteiger partial charge in [-0.1, -0.05) is 54.1 Å². The highest BCUT2D eigenvalue weighted by atomic mass is 16.1. The number of carbonyl (C=O) groups is 2. The molecular formula is C22H17NO2. The van der Waals surface area contributed by atoms with E-state index in [9.17, 15) is 9.59 Å². The van der Waals surface area contributed by atoms with Gasteiger partial charge < -0.3 is 5.32 Å². The maximum atomic E-state index is 12.9. The highest BCUT2D eigenvalue weighted by Crippen LogP contribution is 2.39. The fourth-order valence-corrected chi connectivity index (χ4v) is 3.41. The summed E-state index contributed by atoms with van der Waals surface area (Å²) in [5, 5.41) is 2.98. The van der Waals surface area contributed by atoms with Crippen LogP contribution in [0.5, 0.6) is 0 Å². The molecule has 0 fully saturated rings. The van der Waals surface area contributed by atoms with Crippen molar-refractivity contribution < 1.29 is 9.59 Å². The molecule has 25 heavy (non-hydrogen) atoms. The number of hydrogen-bond donors (Lipinski definition) is 1. The second kappa shape index (κ2) is 5.71. The molecule has 122 valence electrons. The number of rotatable bonds is 2. The minimum atomic E-state index is -0.201. The zero-order valence-corrected chi connectivity index (χ0v) is 14.1. The summed E-state index contributed by atoms with van der Waals surface area (Å²) in [5.41, 5.74) is 6.27. The average Bonchev–Trinajstić information content (AvgIpc) is 2.91. The lowest BCUT2D eigenvalue weighted by Gasteiger charge is -2.12. The largest absolute Gasteiger partial charge is 0.322 e. The zero-order chi connectivity index (χ0) is 17.6. The van der Waals surface area contributed by atoms with Gasteiger partial charge in [0.2, 0.25) is 0 Å². The molecule has 0 heterocycles. The van der Waals surface area contributed by atoms with Crippen LogP contribution in [0, 0.1) is 13.8 Å². The van der Waals surface area contributed by atoms with Crippen molar-refractivity contribution in [1.29, 1.82) is 0 Å². The summed E-state index contributed by atoms with van der Waals surface area (Å²) in [5.74, 6) is -0.222. The Morgan fingerprint density at radius 2 is 1.56 bits per heavy atom. The first-order valence-electron chi connectivity index (χ1n) is 8.22. The molecule has 1 aliphatic rings. The second-order valence-electron chi connectivity index (χ2n) is 6.38. The van der Waals surface area contributed by atoms with Crippen molar-refractivity contribution in [3.63, 3.8) is 0 Å². The van der Waals surface area contributed by atoms with E-state index in [4.69, 9.17) is 0 Å². The van der Waals surface area contributed by atoms with Gasteiger partial charge in [-0.15, -0.1) is 0 Å². The normalized spacial score (nSPS) is 11.8. The van der Waals surface area contributed by atoms with Gasteiger partial charge in [-0.3, -0.25) is 9.59 Å². The van der Waals surface area contributed by atoms with Gasteiger partial charge >= 0.3 is 0 Å². The van der Waals surface area contributed by atoms with Crippen LogP contribution in [0.15, 0.2) is 60.7 Å². The lowest BCUT2D eigenvalue weighted by molar-refractivity contribution is 0.102. The second-order valence-corrected chi connectivity index (χ2v) is 6.38. The Morgan fingerprint density at radius 3 is 2.32 bits per heavy atom. The predicted molar refractivity (Wildman–Crippen MR) is 99.2 cm³/mol. The number of hydrogen-bond acceptors (Lipinski definition) is 2. The third-order valence-corrected chi connectivity index (χ3v) is 4.62. The summed E-state index contributed by atoms with van der Waals surface area (Å²) in [7, 11) is 0. The molecule has 3 aromatic rings. The molecule has 0 spiro atoms. The molecule has 1 aliphatic carbocycles. The van der Waals surface area contributed by atoms with Gasteiger partial charge in [0.15, 0.2) is 5.78 Å². The maximum Gasteiger partial charge on any atom is 0.256 e. The van der Waals surface area contributed by atoms with E-state index in [0.29, 0.717) is 16.7 Å². The third kappa shape index (κ3) is 2.45. The summed E-state index contributed by atoms with van der Waals surface area (Å²) < 4.78 is 0. The first-order chi connectivity index (χ1) is 12.1. The van der Waals surface area contributed by atoms with Crippen molar-refractivity contribution in [3.8, 4) is 11.1 Å². The van der Waals surface area contributed by atoms with Crippen molar-refractivity contribution in [2.45, 2.75) is 13.8 Å². The third-order valence-electron chi connectivity index (χ3n) is 4.62. The molecule has 4 rings (SSSR count). The van der Waals surface area contributed by atoms with E-state index in [-0.39, 0.29) is 11.7 Å². The van der Waals surface area contributed by atoms with E-state index in [2.05, 4.69) is 5.32 Å². The number of benzene rings is 3. The Bertz CT molecular complexity index is 1030. The van der Waals surface area contributed by atoms with Gasteiger partial charge in [0, 0.05) is 27.9 Å². The molecule has 0 radical (unpaired) electrons. The number of fused-ring (bicyclic) bond motifs is 3. The van der Waals surface area contributed by atoms with Crippen LogP contribution in [-0.4, -0.2) is 11.7 Å². The van der Waals surface area contributed by atoms with E-state index in [1.54, 1.807) is 18.2 Å². The minimum absolute atomic E-state index is 0.0215. The van der Waals surface area contributed by atoms with Crippen molar-refractivity contribution >= 4 is 17.4 Å². The van der Waals surface area contributed by atoms with Crippen LogP contribution in [-0.2, 0) is 0 Å². The minimum Gasteiger partial charge on any atom is -0.322 e. The Morgan fingerprint density at radius 1 is 0.840 bits per heavy atom. The van der Waals surface area contributed by atoms with Crippen LogP contribution in [0.4, 0.5) is 5.69 Å². The van der Waals surface area contributed by atoms with Crippen molar-refractivity contribution in [2.24, 2.45) is 0 Å². The molecule has 1 N–H and O–H groups in total. The molecule has 0 aliphatic heterocycles. The van der Waals surface area contributed by atoms with Gasteiger partial charge in [-0.2, -0.15) is 0 Å². The summed E-state index contributed by atoms with van der Waals surface area (Å²) >= 11 is 0. The molecular weight excluding hydrogens is 310 g/mol. The fourth-order valence-electron chi connectivity index (χ4n) is 3.41. The van der Waals surface area contributed by atoms with Gasteiger partial charge in [-0.05, 0) is 37.1 Å². The van der Waals surface area contributed by atoms with Crippen LogP contribution in [0.25, 0.3) is 11.1 Å². The van der Waals surface area contributed by atoms with E-state index in [0.717, 1.165) is 27.9 Å². The van der Waals surface area contributed by atoms with Gasteiger partial charge in [0.25, 0.3) is 5.91 Å². The molecule has 0 aromatic heterocycles. The van der Waals surface area contributed by atoms with Crippen molar-refractivity contribution in [3.05, 3.63) is 88.5 Å². The van der Waals surface area contributed by atoms with Gasteiger partial charge in [-0.25, -0.2) is 0 Å². The quantitative estimate of drug-likeness (QED) is 0.576. The Hall–Kier alpha value is -3.20. The van der Waals surface area contributed by atoms with E-state index in [1.165, 1.54) is 0 Å².